The van der Waals surface area contributed by atoms with Crippen molar-refractivity contribution in [2.45, 2.75) is 31.9 Å². The summed E-state index contributed by atoms with van der Waals surface area (Å²) in [4.78, 5) is 16.6. The maximum absolute atomic E-state index is 12.4. The zero-order valence-electron chi connectivity index (χ0n) is 13.0. The third-order valence-corrected chi connectivity index (χ3v) is 4.18. The molecule has 0 aliphatic heterocycles. The number of ether oxygens (including phenoxy) is 1. The second-order valence-corrected chi connectivity index (χ2v) is 5.85. The molecule has 1 fully saturated rings. The van der Waals surface area contributed by atoms with Gasteiger partial charge in [-0.25, -0.2) is 4.98 Å². The highest BCUT2D eigenvalue weighted by Crippen LogP contribution is 2.24. The summed E-state index contributed by atoms with van der Waals surface area (Å²) in [6.45, 7) is 0.399. The monoisotopic (exact) mass is 323 g/mol. The van der Waals surface area contributed by atoms with E-state index in [0.29, 0.717) is 29.0 Å². The molecule has 0 saturated heterocycles. The van der Waals surface area contributed by atoms with Gasteiger partial charge in [-0.05, 0) is 43.0 Å². The highest BCUT2D eigenvalue weighted by atomic mass is 16.5. The number of H-pyrrole nitrogens is 1. The lowest BCUT2D eigenvalue weighted by atomic mass is 9.96. The highest BCUT2D eigenvalue weighted by molar-refractivity contribution is 6.04. The number of nitrogens with zero attached hydrogens (tertiary/aromatic N) is 3. The Morgan fingerprint density at radius 2 is 2.21 bits per heavy atom. The number of hydrogen-bond acceptors (Lipinski definition) is 5. The van der Waals surface area contributed by atoms with Crippen LogP contribution in [-0.2, 0) is 6.54 Å². The molecule has 1 amide bonds. The number of para-hydroxylation sites is 1. The number of nitrogens with one attached hydrogen (secondary N) is 2. The second kappa shape index (κ2) is 6.27. The number of hydrogen-bond donors (Lipinski definition) is 2. The fraction of sp³-hybridized carbons (Fsp3) is 0.294. The van der Waals surface area contributed by atoms with Gasteiger partial charge in [-0.15, -0.1) is 0 Å². The van der Waals surface area contributed by atoms with Crippen molar-refractivity contribution in [1.82, 2.24) is 25.7 Å². The average molecular weight is 323 g/mol. The number of carbonyl (C=O) groups is 1. The molecule has 3 aromatic rings. The van der Waals surface area contributed by atoms with Gasteiger partial charge in [0.15, 0.2) is 0 Å². The van der Waals surface area contributed by atoms with E-state index < -0.39 is 0 Å². The predicted octanol–water partition coefficient (Wildman–Crippen LogP) is 2.21. The van der Waals surface area contributed by atoms with Crippen LogP contribution in [0.1, 0.15) is 35.2 Å². The first kappa shape index (κ1) is 14.6. The molecule has 1 aromatic carbocycles. The Labute approximate surface area is 138 Å². The summed E-state index contributed by atoms with van der Waals surface area (Å²) in [7, 11) is 0. The van der Waals surface area contributed by atoms with E-state index >= 15 is 0 Å². The van der Waals surface area contributed by atoms with Crippen molar-refractivity contribution < 1.29 is 9.53 Å². The average Bonchev–Trinajstić information content (AvgIpc) is 3.05. The first-order chi connectivity index (χ1) is 11.8. The zero-order chi connectivity index (χ0) is 16.4. The lowest BCUT2D eigenvalue weighted by molar-refractivity contribution is 0.0951. The van der Waals surface area contributed by atoms with Gasteiger partial charge < -0.3 is 10.1 Å². The van der Waals surface area contributed by atoms with E-state index in [9.17, 15) is 4.79 Å². The van der Waals surface area contributed by atoms with Gasteiger partial charge in [-0.2, -0.15) is 15.4 Å². The number of pyridine rings is 1. The van der Waals surface area contributed by atoms with E-state index in [-0.39, 0.29) is 12.0 Å². The fourth-order valence-electron chi connectivity index (χ4n) is 2.61. The van der Waals surface area contributed by atoms with Gasteiger partial charge >= 0.3 is 0 Å². The van der Waals surface area contributed by atoms with Crippen molar-refractivity contribution >= 4 is 16.9 Å². The van der Waals surface area contributed by atoms with E-state index in [0.717, 1.165) is 18.4 Å². The minimum atomic E-state index is -0.187. The van der Waals surface area contributed by atoms with E-state index in [4.69, 9.17) is 4.74 Å². The fourth-order valence-corrected chi connectivity index (χ4v) is 2.61. The number of amides is 1. The molecule has 7 heteroatoms. The van der Waals surface area contributed by atoms with Gasteiger partial charge in [0.25, 0.3) is 5.91 Å². The molecule has 0 atom stereocenters. The van der Waals surface area contributed by atoms with Gasteiger partial charge in [0.05, 0.1) is 5.56 Å². The molecular weight excluding hydrogens is 306 g/mol. The van der Waals surface area contributed by atoms with E-state index in [1.54, 1.807) is 18.3 Å². The van der Waals surface area contributed by atoms with E-state index in [1.165, 1.54) is 6.42 Å². The molecule has 0 unspecified atom stereocenters. The summed E-state index contributed by atoms with van der Waals surface area (Å²) in [6.07, 6.45) is 5.38. The first-order valence-corrected chi connectivity index (χ1v) is 7.99. The molecule has 0 spiro atoms. The van der Waals surface area contributed by atoms with Crippen molar-refractivity contribution in [1.29, 1.82) is 0 Å². The number of rotatable bonds is 5. The zero-order valence-corrected chi connectivity index (χ0v) is 13.0. The van der Waals surface area contributed by atoms with Gasteiger partial charge in [-0.3, -0.25) is 4.79 Å². The van der Waals surface area contributed by atoms with Crippen LogP contribution in [0.5, 0.6) is 5.88 Å². The van der Waals surface area contributed by atoms with Crippen LogP contribution < -0.4 is 10.1 Å². The molecule has 1 saturated carbocycles. The lowest BCUT2D eigenvalue weighted by Gasteiger charge is -2.25. The maximum Gasteiger partial charge on any atom is 0.253 e. The summed E-state index contributed by atoms with van der Waals surface area (Å²) >= 11 is 0. The molecular formula is C17H17N5O2. The number of aromatic amines is 1. The smallest absolute Gasteiger partial charge is 0.253 e. The van der Waals surface area contributed by atoms with E-state index in [1.807, 2.05) is 18.2 Å². The second-order valence-electron chi connectivity index (χ2n) is 5.85. The van der Waals surface area contributed by atoms with Crippen molar-refractivity contribution in [3.63, 3.8) is 0 Å². The molecule has 0 radical (unpaired) electrons. The van der Waals surface area contributed by atoms with Crippen molar-refractivity contribution in [2.75, 3.05) is 0 Å². The van der Waals surface area contributed by atoms with Crippen molar-refractivity contribution in [3.8, 4) is 5.88 Å². The Hall–Kier alpha value is -2.96. The Morgan fingerprint density at radius 1 is 1.29 bits per heavy atom. The number of carbonyl (C=O) groups excluding carboxylic acids is 1. The molecule has 2 heterocycles. The SMILES string of the molecule is O=C(NCc1ccnc(OC2CCC2)c1)c1cccc2n[nH]nc12. The molecule has 2 aromatic heterocycles. The Morgan fingerprint density at radius 3 is 3.04 bits per heavy atom. The van der Waals surface area contributed by atoms with Gasteiger partial charge in [0, 0.05) is 18.8 Å². The van der Waals surface area contributed by atoms with Crippen LogP contribution >= 0.6 is 0 Å². The summed E-state index contributed by atoms with van der Waals surface area (Å²) in [5, 5.41) is 13.5. The molecule has 122 valence electrons. The summed E-state index contributed by atoms with van der Waals surface area (Å²) < 4.78 is 5.78. The summed E-state index contributed by atoms with van der Waals surface area (Å²) in [6, 6.07) is 9.07. The van der Waals surface area contributed by atoms with Crippen LogP contribution in [0.2, 0.25) is 0 Å². The first-order valence-electron chi connectivity index (χ1n) is 7.99. The quantitative estimate of drug-likeness (QED) is 0.751. The third-order valence-electron chi connectivity index (χ3n) is 4.18. The molecule has 7 nitrogen and oxygen atoms in total. The number of fused-ring (bicyclic) bond motifs is 1. The molecule has 1 aliphatic carbocycles. The van der Waals surface area contributed by atoms with Crippen LogP contribution in [0.15, 0.2) is 36.5 Å². The lowest BCUT2D eigenvalue weighted by Crippen LogP contribution is -2.25. The molecule has 0 bridgehead atoms. The Kier molecular flexibility index (Phi) is 3.82. The van der Waals surface area contributed by atoms with Crippen LogP contribution in [-0.4, -0.2) is 32.4 Å². The Balaban J connectivity index is 1.43. The van der Waals surface area contributed by atoms with Gasteiger partial charge in [0.1, 0.15) is 17.1 Å². The standard InChI is InChI=1S/C17H17N5O2/c23-17(13-5-2-6-14-16(13)21-22-20-14)19-10-11-7-8-18-15(9-11)24-12-3-1-4-12/h2,5-9,12H,1,3-4,10H2,(H,19,23)(H,20,21,22). The summed E-state index contributed by atoms with van der Waals surface area (Å²) in [5.41, 5.74) is 2.68. The van der Waals surface area contributed by atoms with E-state index in [2.05, 4.69) is 25.7 Å². The largest absolute Gasteiger partial charge is 0.474 e. The minimum Gasteiger partial charge on any atom is -0.474 e. The van der Waals surface area contributed by atoms with Crippen LogP contribution in [0, 0.1) is 0 Å². The molecule has 24 heavy (non-hydrogen) atoms. The highest BCUT2D eigenvalue weighted by Gasteiger charge is 2.19. The third kappa shape index (κ3) is 2.92. The number of benzene rings is 1. The van der Waals surface area contributed by atoms with Crippen LogP contribution in [0.3, 0.4) is 0 Å². The normalized spacial score (nSPS) is 14.3. The number of aromatic nitrogens is 4. The Bertz CT molecular complexity index is 872. The van der Waals surface area contributed by atoms with Crippen molar-refractivity contribution in [3.05, 3.63) is 47.7 Å². The predicted molar refractivity (Wildman–Crippen MR) is 87.6 cm³/mol. The topological polar surface area (TPSA) is 92.8 Å². The molecule has 2 N–H and O–H groups in total. The van der Waals surface area contributed by atoms with Crippen LogP contribution in [0.25, 0.3) is 11.0 Å². The molecule has 4 rings (SSSR count). The maximum atomic E-state index is 12.4. The van der Waals surface area contributed by atoms with Gasteiger partial charge in [0.2, 0.25) is 5.88 Å². The van der Waals surface area contributed by atoms with Crippen molar-refractivity contribution in [2.24, 2.45) is 0 Å². The van der Waals surface area contributed by atoms with Crippen LogP contribution in [0.4, 0.5) is 0 Å². The molecule has 1 aliphatic rings. The van der Waals surface area contributed by atoms with Gasteiger partial charge in [-0.1, -0.05) is 6.07 Å². The summed E-state index contributed by atoms with van der Waals surface area (Å²) in [5.74, 6) is 0.429. The minimum absolute atomic E-state index is 0.187.